The van der Waals surface area contributed by atoms with Crippen LogP contribution in [0.2, 0.25) is 5.02 Å². The molecule has 0 spiro atoms. The number of phenols is 1. The second-order valence-electron chi connectivity index (χ2n) is 11.3. The highest BCUT2D eigenvalue weighted by atomic mass is 35.5. The number of hydrogen-bond acceptors (Lipinski definition) is 9. The van der Waals surface area contributed by atoms with Gasteiger partial charge in [-0.15, -0.1) is 0 Å². The van der Waals surface area contributed by atoms with Crippen LogP contribution < -0.4 is 10.6 Å². The number of ketones is 4. The first kappa shape index (κ1) is 27.9. The number of carbonyl (C=O) groups excluding carboxylic acids is 5. The molecule has 40 heavy (non-hydrogen) atoms. The average Bonchev–Trinajstić information content (AvgIpc) is 2.85. The monoisotopic (exact) mass is 567 g/mol. The molecular formula is C29H30ClN3O7. The number of rotatable bonds is 4. The van der Waals surface area contributed by atoms with Gasteiger partial charge in [0.25, 0.3) is 0 Å². The van der Waals surface area contributed by atoms with Gasteiger partial charge in [-0.2, -0.15) is 0 Å². The molecule has 1 amide bonds. The normalized spacial score (nSPS) is 29.6. The molecule has 2 fully saturated rings. The van der Waals surface area contributed by atoms with E-state index >= 15 is 0 Å². The van der Waals surface area contributed by atoms with Crippen molar-refractivity contribution < 1.29 is 34.2 Å². The van der Waals surface area contributed by atoms with Crippen molar-refractivity contribution in [2.24, 2.45) is 29.4 Å². The number of phenolic OH excluding ortho intramolecular Hbond substituents is 1. The van der Waals surface area contributed by atoms with Crippen molar-refractivity contribution in [3.63, 3.8) is 0 Å². The summed E-state index contributed by atoms with van der Waals surface area (Å²) in [7, 11) is 6.68. The molecule has 0 aromatic heterocycles. The van der Waals surface area contributed by atoms with Crippen molar-refractivity contribution in [3.05, 3.63) is 46.5 Å². The molecule has 11 heteroatoms. The highest BCUT2D eigenvalue weighted by Gasteiger charge is 2.69. The molecule has 0 heterocycles. The smallest absolute Gasteiger partial charge is 0.235 e. The van der Waals surface area contributed by atoms with E-state index in [1.807, 2.05) is 0 Å². The SMILES string of the molecule is CN(C)c1cc(-c2cccc(Cl)c2)c(O)c2c1C[C@@H]1C[C@@H]3[C@@H](N(C)C)C(=O)C(C(N)=O)C(=O)[C@]3(O)C(=O)C1C2=O. The number of halogens is 1. The minimum atomic E-state index is -2.76. The fraction of sp³-hybridized carbons (Fsp3) is 0.414. The number of nitrogens with two attached hydrogens (primary N) is 1. The number of likely N-dealkylation sites (N-methyl/N-ethyl adjacent to an activating group) is 1. The third kappa shape index (κ3) is 3.81. The fourth-order valence-electron chi connectivity index (χ4n) is 6.93. The fourth-order valence-corrected chi connectivity index (χ4v) is 7.12. The Balaban J connectivity index is 1.69. The Hall–Kier alpha value is -3.60. The van der Waals surface area contributed by atoms with Crippen LogP contribution in [-0.4, -0.2) is 84.0 Å². The zero-order valence-corrected chi connectivity index (χ0v) is 23.2. The molecule has 10 nitrogen and oxygen atoms in total. The van der Waals surface area contributed by atoms with Gasteiger partial charge in [0.1, 0.15) is 5.75 Å². The van der Waals surface area contributed by atoms with E-state index in [9.17, 15) is 34.2 Å². The maximum atomic E-state index is 14.1. The van der Waals surface area contributed by atoms with Crippen LogP contribution in [-0.2, 0) is 25.6 Å². The van der Waals surface area contributed by atoms with Gasteiger partial charge in [-0.25, -0.2) is 0 Å². The Morgan fingerprint density at radius 1 is 1.07 bits per heavy atom. The number of carbonyl (C=O) groups is 5. The van der Waals surface area contributed by atoms with Gasteiger partial charge in [-0.05, 0) is 62.2 Å². The molecule has 3 aliphatic carbocycles. The number of amides is 1. The van der Waals surface area contributed by atoms with Gasteiger partial charge >= 0.3 is 0 Å². The van der Waals surface area contributed by atoms with Gasteiger partial charge in [0, 0.05) is 36.3 Å². The second-order valence-corrected chi connectivity index (χ2v) is 11.8. The second kappa shape index (κ2) is 9.50. The first-order chi connectivity index (χ1) is 18.7. The third-order valence-electron chi connectivity index (χ3n) is 8.66. The molecule has 6 atom stereocenters. The lowest BCUT2D eigenvalue weighted by Crippen LogP contribution is -2.74. The third-order valence-corrected chi connectivity index (χ3v) is 8.89. The Bertz CT molecular complexity index is 1500. The van der Waals surface area contributed by atoms with E-state index < -0.39 is 64.4 Å². The molecule has 2 unspecified atom stereocenters. The number of aromatic hydroxyl groups is 1. The summed E-state index contributed by atoms with van der Waals surface area (Å²) < 4.78 is 0. The maximum absolute atomic E-state index is 14.1. The zero-order valence-electron chi connectivity index (χ0n) is 22.5. The lowest BCUT2D eigenvalue weighted by molar-refractivity contribution is -0.181. The molecular weight excluding hydrogens is 538 g/mol. The van der Waals surface area contributed by atoms with Crippen molar-refractivity contribution in [1.29, 1.82) is 0 Å². The molecule has 0 bridgehead atoms. The number of anilines is 1. The summed E-state index contributed by atoms with van der Waals surface area (Å²) in [4.78, 5) is 70.2. The largest absolute Gasteiger partial charge is 0.507 e. The maximum Gasteiger partial charge on any atom is 0.235 e. The van der Waals surface area contributed by atoms with Crippen molar-refractivity contribution in [3.8, 4) is 16.9 Å². The van der Waals surface area contributed by atoms with E-state index in [0.29, 0.717) is 27.4 Å². The highest BCUT2D eigenvalue weighted by Crippen LogP contribution is 2.53. The number of fused-ring (bicyclic) bond motifs is 3. The standard InChI is InChI=1S/C29H30ClN3O7/c1-32(2)18-11-15(12-6-5-7-14(30)8-12)23(34)20-16(18)9-13-10-17-22(33(3)4)25(36)21(28(31)39)27(38)29(17,40)26(37)19(13)24(20)35/h5-8,11,13,17,19,21-22,34,40H,9-10H2,1-4H3,(H2,31,39)/t13-,17-,19?,21?,22-,29-/m1/s1. The number of aliphatic hydroxyl groups is 1. The van der Waals surface area contributed by atoms with Gasteiger partial charge in [0.15, 0.2) is 34.7 Å². The van der Waals surface area contributed by atoms with E-state index in [2.05, 4.69) is 0 Å². The summed E-state index contributed by atoms with van der Waals surface area (Å²) in [5.41, 5.74) is 4.61. The van der Waals surface area contributed by atoms with E-state index in [1.54, 1.807) is 63.4 Å². The van der Waals surface area contributed by atoms with E-state index in [-0.39, 0.29) is 24.2 Å². The summed E-state index contributed by atoms with van der Waals surface area (Å²) in [6.07, 6.45) is 0.177. The molecule has 4 N–H and O–H groups in total. The summed E-state index contributed by atoms with van der Waals surface area (Å²) >= 11 is 6.18. The van der Waals surface area contributed by atoms with Crippen LogP contribution in [0.1, 0.15) is 22.3 Å². The molecule has 3 aliphatic rings. The number of hydrogen-bond donors (Lipinski definition) is 3. The van der Waals surface area contributed by atoms with Gasteiger partial charge in [0.2, 0.25) is 5.91 Å². The van der Waals surface area contributed by atoms with Crippen LogP contribution in [0.15, 0.2) is 30.3 Å². The Kier molecular flexibility index (Phi) is 6.64. The Labute approximate surface area is 235 Å². The van der Waals surface area contributed by atoms with Crippen LogP contribution in [0.25, 0.3) is 11.1 Å². The molecule has 0 aliphatic heterocycles. The first-order valence-electron chi connectivity index (χ1n) is 12.9. The summed E-state index contributed by atoms with van der Waals surface area (Å²) in [6.45, 7) is 0. The Morgan fingerprint density at radius 3 is 2.33 bits per heavy atom. The van der Waals surface area contributed by atoms with E-state index in [4.69, 9.17) is 17.3 Å². The van der Waals surface area contributed by atoms with Crippen molar-refractivity contribution in [2.75, 3.05) is 33.1 Å². The predicted molar refractivity (Wildman–Crippen MR) is 146 cm³/mol. The van der Waals surface area contributed by atoms with Gasteiger partial charge in [-0.1, -0.05) is 23.7 Å². The van der Waals surface area contributed by atoms with Crippen LogP contribution in [0.4, 0.5) is 5.69 Å². The van der Waals surface area contributed by atoms with Crippen molar-refractivity contribution >= 4 is 46.3 Å². The Morgan fingerprint density at radius 2 is 1.75 bits per heavy atom. The molecule has 0 saturated heterocycles. The quantitative estimate of drug-likeness (QED) is 0.462. The molecule has 210 valence electrons. The van der Waals surface area contributed by atoms with Gasteiger partial charge in [0.05, 0.1) is 17.5 Å². The summed E-state index contributed by atoms with van der Waals surface area (Å²) in [5.74, 6) is -10.8. The van der Waals surface area contributed by atoms with Gasteiger partial charge < -0.3 is 20.8 Å². The van der Waals surface area contributed by atoms with E-state index in [1.165, 1.54) is 4.90 Å². The predicted octanol–water partition coefficient (Wildman–Crippen LogP) is 1.25. The lowest BCUT2D eigenvalue weighted by atomic mass is 9.52. The van der Waals surface area contributed by atoms with Crippen LogP contribution >= 0.6 is 11.6 Å². The molecule has 2 aromatic rings. The number of nitrogens with zero attached hydrogens (tertiary/aromatic N) is 2. The topological polar surface area (TPSA) is 158 Å². The number of primary amides is 1. The lowest BCUT2D eigenvalue weighted by Gasteiger charge is -2.52. The van der Waals surface area contributed by atoms with E-state index in [0.717, 1.165) is 0 Å². The molecule has 2 aromatic carbocycles. The van der Waals surface area contributed by atoms with Crippen LogP contribution in [0.3, 0.4) is 0 Å². The molecule has 0 radical (unpaired) electrons. The number of benzene rings is 2. The zero-order chi connectivity index (χ0) is 29.4. The minimum Gasteiger partial charge on any atom is -0.507 e. The highest BCUT2D eigenvalue weighted by molar-refractivity contribution is 6.33. The van der Waals surface area contributed by atoms with Gasteiger partial charge in [-0.3, -0.25) is 28.9 Å². The first-order valence-corrected chi connectivity index (χ1v) is 13.3. The summed E-state index contributed by atoms with van der Waals surface area (Å²) in [5, 5.41) is 23.6. The molecule has 5 rings (SSSR count). The minimum absolute atomic E-state index is 0.00638. The number of Topliss-reactive ketones (excluding diaryl/α,β-unsaturated/α-hetero) is 4. The van der Waals surface area contributed by atoms with Crippen LogP contribution in [0, 0.1) is 23.7 Å². The van der Waals surface area contributed by atoms with Crippen LogP contribution in [0.5, 0.6) is 5.75 Å². The average molecular weight is 568 g/mol. The molecule has 2 saturated carbocycles. The van der Waals surface area contributed by atoms with Crippen molar-refractivity contribution in [1.82, 2.24) is 4.90 Å². The summed E-state index contributed by atoms with van der Waals surface area (Å²) in [6, 6.07) is 7.35. The van der Waals surface area contributed by atoms with Crippen molar-refractivity contribution in [2.45, 2.75) is 24.5 Å².